The summed E-state index contributed by atoms with van der Waals surface area (Å²) in [6, 6.07) is 66.0. The summed E-state index contributed by atoms with van der Waals surface area (Å²) in [4.78, 5) is 20.2. The first kappa shape index (κ1) is 38.3. The van der Waals surface area contributed by atoms with Gasteiger partial charge in [-0.2, -0.15) is 0 Å². The molecule has 0 bridgehead atoms. The predicted octanol–water partition coefficient (Wildman–Crippen LogP) is 15.4. The molecule has 0 fully saturated rings. The Morgan fingerprint density at radius 2 is 0.839 bits per heavy atom. The zero-order chi connectivity index (χ0) is 41.8. The topological polar surface area (TPSA) is 51.6 Å². The number of fused-ring (bicyclic) bond motifs is 3. The third-order valence-electron chi connectivity index (χ3n) is 11.0. The number of rotatable bonds is 10. The van der Waals surface area contributed by atoms with Gasteiger partial charge < -0.3 is 0 Å². The Bertz CT molecular complexity index is 3250. The van der Waals surface area contributed by atoms with Crippen LogP contribution in [-0.4, -0.2) is 19.9 Å². The molecular weight excluding hydrogens is 773 g/mol. The number of hydrogen-bond acceptors (Lipinski definition) is 5. The first-order valence-electron chi connectivity index (χ1n) is 20.7. The maximum absolute atomic E-state index is 5.10. The molecule has 0 spiro atoms. The van der Waals surface area contributed by atoms with E-state index < -0.39 is 0 Å². The molecular formula is C57H40N4S. The van der Waals surface area contributed by atoms with Gasteiger partial charge in [0.2, 0.25) is 0 Å². The quantitative estimate of drug-likeness (QED) is 0.129. The van der Waals surface area contributed by atoms with Crippen LogP contribution in [0.4, 0.5) is 0 Å². The summed E-state index contributed by atoms with van der Waals surface area (Å²) in [5.74, 6) is 1.36. The molecule has 0 radical (unpaired) electrons. The molecule has 7 aromatic carbocycles. The lowest BCUT2D eigenvalue weighted by Crippen LogP contribution is -1.98. The van der Waals surface area contributed by atoms with E-state index in [0.29, 0.717) is 11.6 Å². The van der Waals surface area contributed by atoms with E-state index in [9.17, 15) is 0 Å². The number of benzene rings is 7. The number of aromatic nitrogens is 4. The minimum atomic E-state index is 0.656. The van der Waals surface area contributed by atoms with Crippen LogP contribution in [-0.2, 0) is 0 Å². The van der Waals surface area contributed by atoms with Gasteiger partial charge in [-0.25, -0.2) is 19.9 Å². The lowest BCUT2D eigenvalue weighted by molar-refractivity contribution is 1.13. The highest BCUT2D eigenvalue weighted by molar-refractivity contribution is 7.25. The van der Waals surface area contributed by atoms with Gasteiger partial charge >= 0.3 is 0 Å². The molecule has 10 rings (SSSR count). The van der Waals surface area contributed by atoms with Gasteiger partial charge in [-0.1, -0.05) is 170 Å². The van der Waals surface area contributed by atoms with E-state index in [1.165, 1.54) is 20.2 Å². The molecule has 3 aromatic heterocycles. The summed E-state index contributed by atoms with van der Waals surface area (Å²) in [5.41, 5.74) is 14.1. The van der Waals surface area contributed by atoms with Crippen molar-refractivity contribution in [2.75, 3.05) is 0 Å². The van der Waals surface area contributed by atoms with Crippen molar-refractivity contribution in [2.24, 2.45) is 0 Å². The van der Waals surface area contributed by atoms with Crippen LogP contribution >= 0.6 is 11.3 Å². The molecule has 0 aliphatic carbocycles. The second kappa shape index (κ2) is 17.0. The Kier molecular flexibility index (Phi) is 10.5. The van der Waals surface area contributed by atoms with Crippen molar-refractivity contribution in [3.05, 3.63) is 225 Å². The van der Waals surface area contributed by atoms with Crippen molar-refractivity contribution >= 4 is 37.1 Å². The lowest BCUT2D eigenvalue weighted by Gasteiger charge is -2.11. The second-order valence-corrected chi connectivity index (χ2v) is 16.1. The maximum Gasteiger partial charge on any atom is 0.160 e. The number of thiophene rings is 1. The van der Waals surface area contributed by atoms with Crippen molar-refractivity contribution in [2.45, 2.75) is 6.92 Å². The zero-order valence-corrected chi connectivity index (χ0v) is 34.9. The van der Waals surface area contributed by atoms with Crippen LogP contribution in [0.25, 0.3) is 104 Å². The van der Waals surface area contributed by atoms with Gasteiger partial charge in [-0.15, -0.1) is 11.3 Å². The normalized spacial score (nSPS) is 11.7. The summed E-state index contributed by atoms with van der Waals surface area (Å²) < 4.78 is 2.51. The third-order valence-corrected chi connectivity index (χ3v) is 12.1. The van der Waals surface area contributed by atoms with Crippen molar-refractivity contribution < 1.29 is 0 Å². The zero-order valence-electron chi connectivity index (χ0n) is 34.1. The van der Waals surface area contributed by atoms with Crippen LogP contribution in [0.15, 0.2) is 219 Å². The minimum absolute atomic E-state index is 0.656. The number of nitrogens with zero attached hydrogens (tertiary/aromatic N) is 4. The van der Waals surface area contributed by atoms with Gasteiger partial charge in [0.15, 0.2) is 11.6 Å². The van der Waals surface area contributed by atoms with Gasteiger partial charge in [-0.3, -0.25) is 0 Å². The monoisotopic (exact) mass is 812 g/mol. The molecule has 10 aromatic rings. The molecule has 4 nitrogen and oxygen atoms in total. The molecule has 0 N–H and O–H groups in total. The van der Waals surface area contributed by atoms with E-state index in [4.69, 9.17) is 19.9 Å². The molecule has 0 saturated carbocycles. The largest absolute Gasteiger partial charge is 0.228 e. The Hall–Kier alpha value is -7.86. The summed E-state index contributed by atoms with van der Waals surface area (Å²) in [5, 5.41) is 2.48. The van der Waals surface area contributed by atoms with Crippen molar-refractivity contribution in [3.8, 4) is 78.7 Å². The third kappa shape index (κ3) is 7.81. The van der Waals surface area contributed by atoms with E-state index in [1.807, 2.05) is 91.1 Å². The highest BCUT2D eigenvalue weighted by atomic mass is 32.1. The van der Waals surface area contributed by atoms with E-state index in [2.05, 4.69) is 140 Å². The number of allylic oxidation sites excluding steroid dienone is 5. The van der Waals surface area contributed by atoms with Crippen LogP contribution in [0.5, 0.6) is 0 Å². The average molecular weight is 813 g/mol. The molecule has 0 aliphatic rings. The summed E-state index contributed by atoms with van der Waals surface area (Å²) in [6.07, 6.45) is 7.76. The van der Waals surface area contributed by atoms with Crippen LogP contribution in [0, 0.1) is 0 Å². The lowest BCUT2D eigenvalue weighted by atomic mass is 9.97. The molecule has 5 heteroatoms. The van der Waals surface area contributed by atoms with E-state index in [1.54, 1.807) is 6.08 Å². The molecule has 294 valence electrons. The SMILES string of the molecule is C=C/C=C(\C=C/C)c1nc(-c2ccccc2)cc(-c2cccc(-c3ccc4sc5ccc(-c6cccc(-c7cc(-c8ccccc8)nc(-c8ccccc8)n7)c6)cc5c4c3)c2)n1. The Balaban J connectivity index is 1.02. The summed E-state index contributed by atoms with van der Waals surface area (Å²) in [7, 11) is 0. The fraction of sp³-hybridized carbons (Fsp3) is 0.0175. The van der Waals surface area contributed by atoms with Gasteiger partial charge in [0.1, 0.15) is 0 Å². The van der Waals surface area contributed by atoms with E-state index in [0.717, 1.165) is 78.4 Å². The fourth-order valence-corrected chi connectivity index (χ4v) is 8.98. The van der Waals surface area contributed by atoms with Crippen LogP contribution in [0.1, 0.15) is 12.7 Å². The molecule has 0 amide bonds. The second-order valence-electron chi connectivity index (χ2n) is 15.1. The molecule has 0 aliphatic heterocycles. The van der Waals surface area contributed by atoms with E-state index >= 15 is 0 Å². The Morgan fingerprint density at radius 3 is 1.34 bits per heavy atom. The van der Waals surface area contributed by atoms with Crippen molar-refractivity contribution in [1.82, 2.24) is 19.9 Å². The highest BCUT2D eigenvalue weighted by Gasteiger charge is 2.15. The smallest absolute Gasteiger partial charge is 0.160 e. The van der Waals surface area contributed by atoms with Crippen molar-refractivity contribution in [1.29, 1.82) is 0 Å². The van der Waals surface area contributed by atoms with E-state index in [-0.39, 0.29) is 0 Å². The van der Waals surface area contributed by atoms with Crippen LogP contribution in [0.2, 0.25) is 0 Å². The number of hydrogen-bond donors (Lipinski definition) is 0. The highest BCUT2D eigenvalue weighted by Crippen LogP contribution is 2.40. The predicted molar refractivity (Wildman–Crippen MR) is 262 cm³/mol. The molecule has 0 atom stereocenters. The Labute approximate surface area is 365 Å². The van der Waals surface area contributed by atoms with Crippen molar-refractivity contribution in [3.63, 3.8) is 0 Å². The Morgan fingerprint density at radius 1 is 0.419 bits per heavy atom. The van der Waals surface area contributed by atoms with Gasteiger partial charge in [0.25, 0.3) is 0 Å². The van der Waals surface area contributed by atoms with Crippen LogP contribution < -0.4 is 0 Å². The standard InChI is InChI=1S/C57H40N4S/c1-3-16-40(17-4-2)56-58-50(38-18-8-5-9-19-38)36-52(60-56)46-26-14-24-42(32-46)44-28-30-54-48(34-44)49-35-45(29-31-55(49)62-54)43-25-15-27-47(33-43)53-37-51(39-20-10-6-11-21-39)59-57(61-53)41-22-12-7-13-23-41/h3-37H,1H2,2H3/b17-4-,40-16+. The summed E-state index contributed by atoms with van der Waals surface area (Å²) in [6.45, 7) is 5.94. The van der Waals surface area contributed by atoms with Gasteiger partial charge in [0.05, 0.1) is 22.8 Å². The molecule has 0 unspecified atom stereocenters. The summed E-state index contributed by atoms with van der Waals surface area (Å²) >= 11 is 1.83. The van der Waals surface area contributed by atoms with Gasteiger partial charge in [-0.05, 0) is 77.7 Å². The molecule has 62 heavy (non-hydrogen) atoms. The van der Waals surface area contributed by atoms with Crippen LogP contribution in [0.3, 0.4) is 0 Å². The molecule has 3 heterocycles. The molecule has 0 saturated heterocycles. The maximum atomic E-state index is 5.10. The first-order valence-corrected chi connectivity index (χ1v) is 21.5. The fourth-order valence-electron chi connectivity index (χ4n) is 7.91. The van der Waals surface area contributed by atoms with Gasteiger partial charge in [0, 0.05) is 53.6 Å². The first-order chi connectivity index (χ1) is 30.6. The minimum Gasteiger partial charge on any atom is -0.228 e. The average Bonchev–Trinajstić information content (AvgIpc) is 3.72.